The SMILES string of the molecule is CN1CCCC1Cn1c(CCCO)nc2cccnc21. The summed E-state index contributed by atoms with van der Waals surface area (Å²) in [4.78, 5) is 11.6. The molecule has 1 aliphatic rings. The number of likely N-dealkylation sites (N-methyl/N-ethyl adjacent to an activating group) is 1. The second-order valence-corrected chi connectivity index (χ2v) is 5.59. The van der Waals surface area contributed by atoms with Crippen LogP contribution < -0.4 is 0 Å². The van der Waals surface area contributed by atoms with Gasteiger partial charge in [-0.1, -0.05) is 0 Å². The van der Waals surface area contributed by atoms with Gasteiger partial charge in [0.25, 0.3) is 0 Å². The number of aryl methyl sites for hydroxylation is 1. The number of aliphatic hydroxyl groups is 1. The fraction of sp³-hybridized carbons (Fsp3) is 0.600. The zero-order valence-electron chi connectivity index (χ0n) is 12.0. The third-order valence-electron chi connectivity index (χ3n) is 4.21. The Morgan fingerprint density at radius 2 is 2.35 bits per heavy atom. The van der Waals surface area contributed by atoms with Gasteiger partial charge < -0.3 is 14.6 Å². The molecule has 3 rings (SSSR count). The molecule has 0 bridgehead atoms. The summed E-state index contributed by atoms with van der Waals surface area (Å²) >= 11 is 0. The summed E-state index contributed by atoms with van der Waals surface area (Å²) in [7, 11) is 2.19. The molecule has 1 saturated heterocycles. The molecule has 5 nitrogen and oxygen atoms in total. The van der Waals surface area contributed by atoms with E-state index in [0.717, 1.165) is 36.4 Å². The third kappa shape index (κ3) is 2.55. The second kappa shape index (κ2) is 5.89. The largest absolute Gasteiger partial charge is 0.396 e. The Kier molecular flexibility index (Phi) is 3.98. The zero-order valence-corrected chi connectivity index (χ0v) is 12.0. The Morgan fingerprint density at radius 1 is 1.45 bits per heavy atom. The van der Waals surface area contributed by atoms with Crippen molar-refractivity contribution in [3.8, 4) is 0 Å². The molecule has 1 fully saturated rings. The van der Waals surface area contributed by atoms with Gasteiger partial charge in [0.15, 0.2) is 5.65 Å². The molecule has 0 radical (unpaired) electrons. The quantitative estimate of drug-likeness (QED) is 0.896. The van der Waals surface area contributed by atoms with Crippen LogP contribution in [0.15, 0.2) is 18.3 Å². The van der Waals surface area contributed by atoms with Crippen molar-refractivity contribution in [3.05, 3.63) is 24.2 Å². The molecule has 3 heterocycles. The molecule has 1 aliphatic heterocycles. The summed E-state index contributed by atoms with van der Waals surface area (Å²) in [6.45, 7) is 2.33. The van der Waals surface area contributed by atoms with Gasteiger partial charge in [0, 0.05) is 31.8 Å². The van der Waals surface area contributed by atoms with E-state index in [4.69, 9.17) is 5.11 Å². The summed E-state index contributed by atoms with van der Waals surface area (Å²) in [5.74, 6) is 1.05. The van der Waals surface area contributed by atoms with Crippen molar-refractivity contribution in [2.75, 3.05) is 20.2 Å². The first-order valence-corrected chi connectivity index (χ1v) is 7.41. The number of nitrogens with zero attached hydrogens (tertiary/aromatic N) is 4. The van der Waals surface area contributed by atoms with Crippen LogP contribution in [0.25, 0.3) is 11.2 Å². The average molecular weight is 274 g/mol. The molecule has 1 N–H and O–H groups in total. The summed E-state index contributed by atoms with van der Waals surface area (Å²) in [6.07, 6.45) is 5.90. The molecule has 20 heavy (non-hydrogen) atoms. The Labute approximate surface area is 119 Å². The summed E-state index contributed by atoms with van der Waals surface area (Å²) in [6, 6.07) is 4.51. The van der Waals surface area contributed by atoms with E-state index in [0.29, 0.717) is 6.04 Å². The smallest absolute Gasteiger partial charge is 0.160 e. The number of hydrogen-bond donors (Lipinski definition) is 1. The standard InChI is InChI=1S/C15H22N4O/c1-18-9-3-5-12(18)11-19-14(7-4-10-20)17-13-6-2-8-16-15(13)19/h2,6,8,12,20H,3-5,7,9-11H2,1H3. The van der Waals surface area contributed by atoms with E-state index in [9.17, 15) is 0 Å². The molecule has 1 atom stereocenters. The lowest BCUT2D eigenvalue weighted by Crippen LogP contribution is -2.30. The van der Waals surface area contributed by atoms with Gasteiger partial charge in [-0.2, -0.15) is 0 Å². The van der Waals surface area contributed by atoms with Gasteiger partial charge in [0.05, 0.1) is 0 Å². The van der Waals surface area contributed by atoms with E-state index < -0.39 is 0 Å². The summed E-state index contributed by atoms with van der Waals surface area (Å²) in [5.41, 5.74) is 1.93. The maximum absolute atomic E-state index is 9.06. The predicted octanol–water partition coefficient (Wildman–Crippen LogP) is 1.45. The van der Waals surface area contributed by atoms with E-state index >= 15 is 0 Å². The zero-order chi connectivity index (χ0) is 13.9. The maximum atomic E-state index is 9.06. The molecule has 0 spiro atoms. The van der Waals surface area contributed by atoms with Gasteiger partial charge >= 0.3 is 0 Å². The van der Waals surface area contributed by atoms with E-state index in [1.54, 1.807) is 0 Å². The van der Waals surface area contributed by atoms with E-state index in [1.807, 2.05) is 18.3 Å². The van der Waals surface area contributed by atoms with Gasteiger partial charge in [-0.15, -0.1) is 0 Å². The molecule has 2 aromatic heterocycles. The van der Waals surface area contributed by atoms with Crippen molar-refractivity contribution < 1.29 is 5.11 Å². The second-order valence-electron chi connectivity index (χ2n) is 5.59. The fourth-order valence-electron chi connectivity index (χ4n) is 3.05. The number of aliphatic hydroxyl groups excluding tert-OH is 1. The number of fused-ring (bicyclic) bond motifs is 1. The topological polar surface area (TPSA) is 54.2 Å². The van der Waals surface area contributed by atoms with E-state index in [1.165, 1.54) is 19.4 Å². The number of aromatic nitrogens is 3. The highest BCUT2D eigenvalue weighted by atomic mass is 16.2. The third-order valence-corrected chi connectivity index (χ3v) is 4.21. The minimum atomic E-state index is 0.208. The molecule has 5 heteroatoms. The van der Waals surface area contributed by atoms with Crippen molar-refractivity contribution in [2.24, 2.45) is 0 Å². The Morgan fingerprint density at radius 3 is 3.10 bits per heavy atom. The molecule has 0 amide bonds. The van der Waals surface area contributed by atoms with Crippen molar-refractivity contribution >= 4 is 11.2 Å². The van der Waals surface area contributed by atoms with Crippen LogP contribution in [-0.2, 0) is 13.0 Å². The number of hydrogen-bond acceptors (Lipinski definition) is 4. The van der Waals surface area contributed by atoms with Crippen LogP contribution in [-0.4, -0.2) is 50.8 Å². The Balaban J connectivity index is 1.93. The van der Waals surface area contributed by atoms with Crippen molar-refractivity contribution in [1.29, 1.82) is 0 Å². The van der Waals surface area contributed by atoms with Crippen LogP contribution in [0.3, 0.4) is 0 Å². The van der Waals surface area contributed by atoms with Crippen LogP contribution in [0, 0.1) is 0 Å². The number of likely N-dealkylation sites (tertiary alicyclic amines) is 1. The van der Waals surface area contributed by atoms with E-state index in [2.05, 4.69) is 26.5 Å². The van der Waals surface area contributed by atoms with Gasteiger partial charge in [-0.25, -0.2) is 9.97 Å². The minimum Gasteiger partial charge on any atom is -0.396 e. The first-order valence-electron chi connectivity index (χ1n) is 7.41. The molecule has 0 aliphatic carbocycles. The lowest BCUT2D eigenvalue weighted by Gasteiger charge is -2.21. The van der Waals surface area contributed by atoms with Gasteiger partial charge in [-0.3, -0.25) is 0 Å². The molecule has 0 saturated carbocycles. The highest BCUT2D eigenvalue weighted by Crippen LogP contribution is 2.21. The highest BCUT2D eigenvalue weighted by Gasteiger charge is 2.23. The molecular weight excluding hydrogens is 252 g/mol. The van der Waals surface area contributed by atoms with Crippen LogP contribution in [0.2, 0.25) is 0 Å². The molecule has 2 aromatic rings. The van der Waals surface area contributed by atoms with Crippen molar-refractivity contribution in [2.45, 2.75) is 38.3 Å². The van der Waals surface area contributed by atoms with Crippen molar-refractivity contribution in [3.63, 3.8) is 0 Å². The van der Waals surface area contributed by atoms with Crippen LogP contribution in [0.5, 0.6) is 0 Å². The van der Waals surface area contributed by atoms with Gasteiger partial charge in [0.1, 0.15) is 11.3 Å². The predicted molar refractivity (Wildman–Crippen MR) is 78.6 cm³/mol. The van der Waals surface area contributed by atoms with Gasteiger partial charge in [-0.05, 0) is 45.0 Å². The number of pyridine rings is 1. The lowest BCUT2D eigenvalue weighted by atomic mass is 10.2. The maximum Gasteiger partial charge on any atom is 0.160 e. The monoisotopic (exact) mass is 274 g/mol. The lowest BCUT2D eigenvalue weighted by molar-refractivity contribution is 0.275. The van der Waals surface area contributed by atoms with Crippen LogP contribution >= 0.6 is 0 Å². The molecule has 1 unspecified atom stereocenters. The first-order chi connectivity index (χ1) is 9.79. The fourth-order valence-corrected chi connectivity index (χ4v) is 3.05. The molecular formula is C15H22N4O. The minimum absolute atomic E-state index is 0.208. The average Bonchev–Trinajstić information content (AvgIpc) is 3.02. The molecule has 0 aromatic carbocycles. The van der Waals surface area contributed by atoms with Crippen molar-refractivity contribution in [1.82, 2.24) is 19.4 Å². The highest BCUT2D eigenvalue weighted by molar-refractivity contribution is 5.71. The first kappa shape index (κ1) is 13.5. The number of imidazole rings is 1. The number of rotatable bonds is 5. The van der Waals surface area contributed by atoms with E-state index in [-0.39, 0.29) is 6.61 Å². The Bertz CT molecular complexity index is 580. The molecule has 108 valence electrons. The van der Waals surface area contributed by atoms with Crippen LogP contribution in [0.4, 0.5) is 0 Å². The van der Waals surface area contributed by atoms with Gasteiger partial charge in [0.2, 0.25) is 0 Å². The van der Waals surface area contributed by atoms with Crippen LogP contribution in [0.1, 0.15) is 25.1 Å². The summed E-state index contributed by atoms with van der Waals surface area (Å²) < 4.78 is 2.25. The Hall–Kier alpha value is -1.46. The normalized spacial score (nSPS) is 20.0. The summed E-state index contributed by atoms with van der Waals surface area (Å²) in [5, 5.41) is 9.06.